The summed E-state index contributed by atoms with van der Waals surface area (Å²) in [5.74, 6) is 0. The molecular formula is C48H30. The topological polar surface area (TPSA) is 0 Å². The molecule has 9 aromatic carbocycles. The van der Waals surface area contributed by atoms with Crippen molar-refractivity contribution in [3.8, 4) is 66.8 Å². The Morgan fingerprint density at radius 2 is 0.604 bits per heavy atom. The highest BCUT2D eigenvalue weighted by atomic mass is 14.3. The summed E-state index contributed by atoms with van der Waals surface area (Å²) < 4.78 is 0. The highest BCUT2D eigenvalue weighted by Gasteiger charge is 2.27. The van der Waals surface area contributed by atoms with Gasteiger partial charge < -0.3 is 0 Å². The summed E-state index contributed by atoms with van der Waals surface area (Å²) in [7, 11) is 0. The molecule has 222 valence electrons. The minimum absolute atomic E-state index is 1.22. The quantitative estimate of drug-likeness (QED) is 0.176. The molecule has 0 saturated carbocycles. The Hall–Kier alpha value is -6.24. The number of hydrogen-bond donors (Lipinski definition) is 0. The molecule has 0 heterocycles. The molecule has 0 amide bonds. The fraction of sp³-hybridized carbons (Fsp3) is 0. The van der Waals surface area contributed by atoms with E-state index in [1.807, 2.05) is 0 Å². The van der Waals surface area contributed by atoms with Gasteiger partial charge >= 0.3 is 0 Å². The molecule has 10 rings (SSSR count). The van der Waals surface area contributed by atoms with Gasteiger partial charge in [0.15, 0.2) is 0 Å². The van der Waals surface area contributed by atoms with E-state index in [1.165, 1.54) is 99.1 Å². The van der Waals surface area contributed by atoms with Crippen molar-refractivity contribution in [1.82, 2.24) is 0 Å². The van der Waals surface area contributed by atoms with Gasteiger partial charge in [-0.1, -0.05) is 176 Å². The Kier molecular flexibility index (Phi) is 5.98. The lowest BCUT2D eigenvalue weighted by atomic mass is 9.79. The summed E-state index contributed by atoms with van der Waals surface area (Å²) in [6, 6.07) is 67.1. The van der Waals surface area contributed by atoms with Crippen LogP contribution >= 0.6 is 0 Å². The molecule has 0 aromatic heterocycles. The van der Waals surface area contributed by atoms with Gasteiger partial charge in [-0.2, -0.15) is 0 Å². The van der Waals surface area contributed by atoms with Gasteiger partial charge in [-0.15, -0.1) is 0 Å². The van der Waals surface area contributed by atoms with Crippen LogP contribution in [-0.4, -0.2) is 0 Å². The van der Waals surface area contributed by atoms with E-state index < -0.39 is 0 Å². The van der Waals surface area contributed by atoms with E-state index in [-0.39, 0.29) is 0 Å². The molecule has 1 aliphatic rings. The lowest BCUT2D eigenvalue weighted by Crippen LogP contribution is -1.96. The smallest absolute Gasteiger partial charge is 0.00137 e. The fourth-order valence-electron chi connectivity index (χ4n) is 8.26. The molecule has 48 heavy (non-hydrogen) atoms. The van der Waals surface area contributed by atoms with E-state index in [1.54, 1.807) is 0 Å². The zero-order valence-corrected chi connectivity index (χ0v) is 26.3. The summed E-state index contributed by atoms with van der Waals surface area (Å²) in [5.41, 5.74) is 15.2. The van der Waals surface area contributed by atoms with Crippen molar-refractivity contribution >= 4 is 32.3 Å². The fourth-order valence-corrected chi connectivity index (χ4v) is 8.26. The molecule has 1 aliphatic carbocycles. The summed E-state index contributed by atoms with van der Waals surface area (Å²) >= 11 is 0. The minimum Gasteiger partial charge on any atom is -0.0622 e. The van der Waals surface area contributed by atoms with Gasteiger partial charge in [0.2, 0.25) is 0 Å². The van der Waals surface area contributed by atoms with Crippen LogP contribution in [0, 0.1) is 0 Å². The van der Waals surface area contributed by atoms with Gasteiger partial charge in [0, 0.05) is 0 Å². The molecule has 0 fully saturated rings. The SMILES string of the molecule is c1ccc(-c2cc3c4c(cccc4c2-c2c4ccccc4c(-c4ccccc4)c4ccccc24)-c2ccccc2-c2ccccc2-3)cc1. The summed E-state index contributed by atoms with van der Waals surface area (Å²) in [6.07, 6.45) is 0. The van der Waals surface area contributed by atoms with E-state index in [0.29, 0.717) is 0 Å². The normalized spacial score (nSPS) is 11.8. The van der Waals surface area contributed by atoms with Gasteiger partial charge in [-0.25, -0.2) is 0 Å². The first-order chi connectivity index (χ1) is 23.9. The molecule has 0 unspecified atom stereocenters. The average molecular weight is 607 g/mol. The first-order valence-corrected chi connectivity index (χ1v) is 16.7. The van der Waals surface area contributed by atoms with Gasteiger partial charge in [0.05, 0.1) is 0 Å². The standard InChI is InChI=1S/C48H30/c1-3-16-31(17-4-1)43-30-44-36-23-10-8-21-34(36)33-20-7-9-22-35(33)37-28-15-29-42(46(37)44)48(43)47-40-26-13-11-24-38(40)45(32-18-5-2-6-19-32)39-25-12-14-27-41(39)47/h1-30H. The van der Waals surface area contributed by atoms with Crippen LogP contribution in [-0.2, 0) is 0 Å². The maximum absolute atomic E-state index is 2.48. The molecule has 9 aromatic rings. The van der Waals surface area contributed by atoms with Gasteiger partial charge in [0.25, 0.3) is 0 Å². The first kappa shape index (κ1) is 26.9. The Morgan fingerprint density at radius 1 is 0.208 bits per heavy atom. The number of fused-ring (bicyclic) bond motifs is 7. The molecule has 0 bridgehead atoms. The monoisotopic (exact) mass is 606 g/mol. The predicted octanol–water partition coefficient (Wildman–Crippen LogP) is 13.5. The maximum atomic E-state index is 2.48. The molecule has 0 heteroatoms. The Bertz CT molecular complexity index is 2640. The molecule has 0 radical (unpaired) electrons. The van der Waals surface area contributed by atoms with E-state index in [4.69, 9.17) is 0 Å². The number of hydrogen-bond acceptors (Lipinski definition) is 0. The second kappa shape index (κ2) is 10.7. The van der Waals surface area contributed by atoms with Crippen molar-refractivity contribution in [2.75, 3.05) is 0 Å². The molecule has 0 aliphatic heterocycles. The lowest BCUT2D eigenvalue weighted by molar-refractivity contribution is 1.61. The third-order valence-electron chi connectivity index (χ3n) is 10.2. The maximum Gasteiger partial charge on any atom is -0.00137 e. The molecule has 0 spiro atoms. The van der Waals surface area contributed by atoms with Crippen molar-refractivity contribution in [1.29, 1.82) is 0 Å². The van der Waals surface area contributed by atoms with Crippen LogP contribution in [0.25, 0.3) is 99.1 Å². The van der Waals surface area contributed by atoms with Crippen LogP contribution in [0.15, 0.2) is 182 Å². The Balaban J connectivity index is 1.45. The molecular weight excluding hydrogens is 577 g/mol. The molecule has 0 atom stereocenters. The third-order valence-corrected chi connectivity index (χ3v) is 10.2. The van der Waals surface area contributed by atoms with Crippen molar-refractivity contribution in [2.45, 2.75) is 0 Å². The van der Waals surface area contributed by atoms with Crippen LogP contribution in [0.2, 0.25) is 0 Å². The van der Waals surface area contributed by atoms with Crippen molar-refractivity contribution < 1.29 is 0 Å². The molecule has 0 nitrogen and oxygen atoms in total. The van der Waals surface area contributed by atoms with Crippen LogP contribution < -0.4 is 0 Å². The van der Waals surface area contributed by atoms with Crippen LogP contribution in [0.4, 0.5) is 0 Å². The molecule has 0 saturated heterocycles. The van der Waals surface area contributed by atoms with Gasteiger partial charge in [-0.05, 0) is 105 Å². The Labute approximate surface area is 280 Å². The number of benzene rings is 9. The first-order valence-electron chi connectivity index (χ1n) is 16.7. The second-order valence-corrected chi connectivity index (χ2v) is 12.7. The largest absolute Gasteiger partial charge is 0.0622 e. The van der Waals surface area contributed by atoms with Crippen molar-refractivity contribution in [3.63, 3.8) is 0 Å². The Morgan fingerprint density at radius 3 is 1.17 bits per heavy atom. The average Bonchev–Trinajstić information content (AvgIpc) is 3.28. The van der Waals surface area contributed by atoms with E-state index in [0.717, 1.165) is 0 Å². The summed E-state index contributed by atoms with van der Waals surface area (Å²) in [6.45, 7) is 0. The highest BCUT2D eigenvalue weighted by molar-refractivity contribution is 6.28. The van der Waals surface area contributed by atoms with E-state index in [9.17, 15) is 0 Å². The second-order valence-electron chi connectivity index (χ2n) is 12.7. The number of rotatable bonds is 3. The van der Waals surface area contributed by atoms with E-state index >= 15 is 0 Å². The van der Waals surface area contributed by atoms with Gasteiger partial charge in [0.1, 0.15) is 0 Å². The van der Waals surface area contributed by atoms with Crippen molar-refractivity contribution in [3.05, 3.63) is 182 Å². The summed E-state index contributed by atoms with van der Waals surface area (Å²) in [5, 5.41) is 7.65. The van der Waals surface area contributed by atoms with Crippen molar-refractivity contribution in [2.24, 2.45) is 0 Å². The zero-order valence-electron chi connectivity index (χ0n) is 26.3. The lowest BCUT2D eigenvalue weighted by Gasteiger charge is -2.23. The summed E-state index contributed by atoms with van der Waals surface area (Å²) in [4.78, 5) is 0. The van der Waals surface area contributed by atoms with Gasteiger partial charge in [-0.3, -0.25) is 0 Å². The highest BCUT2D eigenvalue weighted by Crippen LogP contribution is 2.54. The zero-order chi connectivity index (χ0) is 31.6. The molecule has 0 N–H and O–H groups in total. The predicted molar refractivity (Wildman–Crippen MR) is 205 cm³/mol. The van der Waals surface area contributed by atoms with E-state index in [2.05, 4.69) is 182 Å². The van der Waals surface area contributed by atoms with Crippen LogP contribution in [0.5, 0.6) is 0 Å². The van der Waals surface area contributed by atoms with Crippen LogP contribution in [0.3, 0.4) is 0 Å². The van der Waals surface area contributed by atoms with Crippen LogP contribution in [0.1, 0.15) is 0 Å². The minimum atomic E-state index is 1.22. The third kappa shape index (κ3) is 3.90.